The predicted octanol–water partition coefficient (Wildman–Crippen LogP) is 11.0. The Morgan fingerprint density at radius 2 is 0.982 bits per heavy atom. The molecule has 322 valence electrons. The summed E-state index contributed by atoms with van der Waals surface area (Å²) in [6.45, 7) is 2.07. The smallest absolute Gasteiger partial charge is 0.462 e. The summed E-state index contributed by atoms with van der Waals surface area (Å²) >= 11 is 0. The average Bonchev–Trinajstić information content (AvgIpc) is 3.20. The number of hydrogen-bond acceptors (Lipinski definition) is 9. The molecule has 0 aromatic carbocycles. The van der Waals surface area contributed by atoms with Crippen LogP contribution in [0.2, 0.25) is 0 Å². The van der Waals surface area contributed by atoms with Crippen LogP contribution < -0.4 is 0 Å². The Balaban J connectivity index is 4.53. The van der Waals surface area contributed by atoms with E-state index in [1.54, 1.807) is 0 Å². The number of phosphoric ester groups is 1. The minimum Gasteiger partial charge on any atom is -0.462 e. The fraction of sp³-hybridized carbons (Fsp3) is 0.565. The van der Waals surface area contributed by atoms with Crippen molar-refractivity contribution in [3.05, 3.63) is 109 Å². The van der Waals surface area contributed by atoms with Gasteiger partial charge in [0.25, 0.3) is 0 Å². The van der Waals surface area contributed by atoms with E-state index in [2.05, 4.69) is 116 Å². The summed E-state index contributed by atoms with van der Waals surface area (Å²) in [5, 5.41) is 18.3. The molecule has 0 spiro atoms. The van der Waals surface area contributed by atoms with E-state index in [1.807, 2.05) is 12.2 Å². The van der Waals surface area contributed by atoms with Crippen LogP contribution in [0.1, 0.15) is 129 Å². The van der Waals surface area contributed by atoms with Crippen LogP contribution in [0.5, 0.6) is 0 Å². The number of unbranched alkanes of at least 4 members (excludes halogenated alkanes) is 5. The number of ether oxygens (including phenoxy) is 2. The first-order chi connectivity index (χ1) is 27.7. The molecule has 1 unspecified atom stereocenters. The first-order valence-corrected chi connectivity index (χ1v) is 22.3. The van der Waals surface area contributed by atoms with Gasteiger partial charge in [0.05, 0.1) is 19.8 Å². The van der Waals surface area contributed by atoms with Crippen LogP contribution in [-0.4, -0.2) is 65.7 Å². The van der Waals surface area contributed by atoms with E-state index in [0.29, 0.717) is 12.8 Å². The van der Waals surface area contributed by atoms with Crippen LogP contribution in [-0.2, 0) is 32.7 Å². The van der Waals surface area contributed by atoms with Crippen LogP contribution in [0.15, 0.2) is 109 Å². The number of allylic oxidation sites excluding steroid dienone is 18. The molecule has 0 aliphatic rings. The summed E-state index contributed by atoms with van der Waals surface area (Å²) in [6, 6.07) is 0. The Morgan fingerprint density at radius 3 is 1.46 bits per heavy atom. The SMILES string of the molecule is CC/C=C\C/C=C\C/C=C\C/C=C\C/C=C\C/C=C\CCC(=O)OC[C@H](COP(=O)(O)OC[C@@H](O)CO)OC(=O)CCCC/C=C\C/C=C\C/C=C\CCCCC. The molecular weight excluding hydrogens is 743 g/mol. The number of carbonyl (C=O) groups is 2. The second-order valence-electron chi connectivity index (χ2n) is 13.3. The monoisotopic (exact) mass is 816 g/mol. The highest BCUT2D eigenvalue weighted by Gasteiger charge is 2.27. The minimum absolute atomic E-state index is 0.101. The first kappa shape index (κ1) is 53.6. The summed E-state index contributed by atoms with van der Waals surface area (Å²) in [6.07, 6.45) is 50.7. The van der Waals surface area contributed by atoms with Crippen LogP contribution in [0.4, 0.5) is 0 Å². The van der Waals surface area contributed by atoms with Crippen LogP contribution >= 0.6 is 7.82 Å². The van der Waals surface area contributed by atoms with E-state index in [1.165, 1.54) is 19.3 Å². The third-order valence-corrected chi connectivity index (χ3v) is 8.88. The molecule has 0 aromatic rings. The molecule has 0 aliphatic carbocycles. The molecule has 0 fully saturated rings. The minimum atomic E-state index is -4.65. The maximum atomic E-state index is 12.6. The molecule has 0 saturated carbocycles. The number of carbonyl (C=O) groups excluding carboxylic acids is 2. The Morgan fingerprint density at radius 1 is 0.544 bits per heavy atom. The predicted molar refractivity (Wildman–Crippen MR) is 232 cm³/mol. The van der Waals surface area contributed by atoms with Gasteiger partial charge in [-0.2, -0.15) is 0 Å². The summed E-state index contributed by atoms with van der Waals surface area (Å²) < 4.78 is 32.5. The van der Waals surface area contributed by atoms with Crippen molar-refractivity contribution < 1.29 is 47.8 Å². The van der Waals surface area contributed by atoms with Gasteiger partial charge in [0.1, 0.15) is 12.7 Å². The third-order valence-electron chi connectivity index (χ3n) is 7.92. The molecule has 0 rings (SSSR count). The van der Waals surface area contributed by atoms with Gasteiger partial charge >= 0.3 is 19.8 Å². The molecule has 0 saturated heterocycles. The number of aliphatic hydroxyl groups is 2. The van der Waals surface area contributed by atoms with E-state index in [0.717, 1.165) is 70.6 Å². The highest BCUT2D eigenvalue weighted by molar-refractivity contribution is 7.47. The van der Waals surface area contributed by atoms with E-state index in [4.69, 9.17) is 19.1 Å². The zero-order valence-corrected chi connectivity index (χ0v) is 35.6. The van der Waals surface area contributed by atoms with Crippen molar-refractivity contribution >= 4 is 19.8 Å². The van der Waals surface area contributed by atoms with Crippen LogP contribution in [0.25, 0.3) is 0 Å². The summed E-state index contributed by atoms with van der Waals surface area (Å²) in [5.41, 5.74) is 0. The fourth-order valence-corrected chi connectivity index (χ4v) is 5.52. The van der Waals surface area contributed by atoms with Crippen molar-refractivity contribution in [2.24, 2.45) is 0 Å². The van der Waals surface area contributed by atoms with E-state index in [-0.39, 0.29) is 19.4 Å². The van der Waals surface area contributed by atoms with Gasteiger partial charge in [0, 0.05) is 12.8 Å². The lowest BCUT2D eigenvalue weighted by atomic mass is 10.1. The molecule has 0 heterocycles. The Bertz CT molecular complexity index is 1310. The average molecular weight is 817 g/mol. The molecule has 0 radical (unpaired) electrons. The quantitative estimate of drug-likeness (QED) is 0.0239. The Kier molecular flexibility index (Phi) is 38.4. The number of hydrogen-bond donors (Lipinski definition) is 3. The molecule has 0 aliphatic heterocycles. The largest absolute Gasteiger partial charge is 0.472 e. The molecule has 0 aromatic heterocycles. The second-order valence-corrected chi connectivity index (χ2v) is 14.7. The number of rotatable bonds is 37. The lowest BCUT2D eigenvalue weighted by Crippen LogP contribution is -2.29. The molecule has 3 atom stereocenters. The van der Waals surface area contributed by atoms with Crippen LogP contribution in [0.3, 0.4) is 0 Å². The Labute approximate surface area is 344 Å². The first-order valence-electron chi connectivity index (χ1n) is 20.8. The summed E-state index contributed by atoms with van der Waals surface area (Å²) in [5.74, 6) is -1.08. The van der Waals surface area contributed by atoms with E-state index >= 15 is 0 Å². The lowest BCUT2D eigenvalue weighted by molar-refractivity contribution is -0.161. The van der Waals surface area contributed by atoms with Gasteiger partial charge in [-0.1, -0.05) is 136 Å². The highest BCUT2D eigenvalue weighted by atomic mass is 31.2. The van der Waals surface area contributed by atoms with Gasteiger partial charge in [0.2, 0.25) is 0 Å². The zero-order chi connectivity index (χ0) is 41.9. The second kappa shape index (κ2) is 40.8. The van der Waals surface area contributed by atoms with Crippen molar-refractivity contribution in [1.82, 2.24) is 0 Å². The number of aliphatic hydroxyl groups excluding tert-OH is 2. The molecule has 0 bridgehead atoms. The van der Waals surface area contributed by atoms with E-state index in [9.17, 15) is 24.2 Å². The fourth-order valence-electron chi connectivity index (χ4n) is 4.73. The summed E-state index contributed by atoms with van der Waals surface area (Å²) in [7, 11) is -4.65. The third kappa shape index (κ3) is 40.6. The normalized spacial score (nSPS) is 15.0. The van der Waals surface area contributed by atoms with Gasteiger partial charge < -0.3 is 24.6 Å². The highest BCUT2D eigenvalue weighted by Crippen LogP contribution is 2.43. The van der Waals surface area contributed by atoms with Gasteiger partial charge in [-0.25, -0.2) is 4.57 Å². The van der Waals surface area contributed by atoms with Crippen molar-refractivity contribution in [2.45, 2.75) is 142 Å². The number of esters is 2. The molecule has 3 N–H and O–H groups in total. The maximum Gasteiger partial charge on any atom is 0.472 e. The van der Waals surface area contributed by atoms with Gasteiger partial charge in [-0.05, 0) is 89.9 Å². The Hall–Kier alpha value is -3.37. The molecular formula is C46H73O10P. The molecule has 10 nitrogen and oxygen atoms in total. The van der Waals surface area contributed by atoms with E-state index < -0.39 is 51.8 Å². The standard InChI is InChI=1S/C46H73O10P/c1-3-5-7-9-11-13-15-17-19-20-21-22-24-25-27-29-31-33-35-37-45(49)53-41-44(42-55-57(51,52)54-40-43(48)39-47)56-46(50)38-36-34-32-30-28-26-23-18-16-14-12-10-8-6-4-2/h5,7,11-14,17-19,21-23,25,27-28,30-31,33,43-44,47-48H,3-4,6,8-10,15-16,20,24,26,29,32,34-42H2,1-2H3,(H,51,52)/b7-5-,13-11-,14-12-,19-17-,22-21-,23-18-,27-25-,30-28-,33-31-/t43-,44+/m0/s1. The lowest BCUT2D eigenvalue weighted by Gasteiger charge is -2.20. The molecule has 11 heteroatoms. The summed E-state index contributed by atoms with van der Waals surface area (Å²) in [4.78, 5) is 34.9. The van der Waals surface area contributed by atoms with Crippen molar-refractivity contribution in [3.8, 4) is 0 Å². The maximum absolute atomic E-state index is 12.6. The molecule has 0 amide bonds. The van der Waals surface area contributed by atoms with Crippen molar-refractivity contribution in [2.75, 3.05) is 26.4 Å². The van der Waals surface area contributed by atoms with Gasteiger partial charge in [-0.15, -0.1) is 0 Å². The topological polar surface area (TPSA) is 149 Å². The number of phosphoric acid groups is 1. The van der Waals surface area contributed by atoms with Gasteiger partial charge in [0.15, 0.2) is 6.10 Å². The van der Waals surface area contributed by atoms with Crippen molar-refractivity contribution in [1.29, 1.82) is 0 Å². The van der Waals surface area contributed by atoms with Crippen LogP contribution in [0, 0.1) is 0 Å². The zero-order valence-electron chi connectivity index (χ0n) is 34.7. The molecule has 57 heavy (non-hydrogen) atoms. The van der Waals surface area contributed by atoms with Crippen molar-refractivity contribution in [3.63, 3.8) is 0 Å². The van der Waals surface area contributed by atoms with Gasteiger partial charge in [-0.3, -0.25) is 18.6 Å².